The quantitative estimate of drug-likeness (QED) is 0.556. The lowest BCUT2D eigenvalue weighted by Crippen LogP contribution is -2.13. The number of benzene rings is 1. The van der Waals surface area contributed by atoms with Crippen LogP contribution in [0.4, 0.5) is 0 Å². The number of pyridine rings is 1. The molecule has 0 aliphatic heterocycles. The van der Waals surface area contributed by atoms with Crippen molar-refractivity contribution in [2.75, 3.05) is 0 Å². The fourth-order valence-corrected chi connectivity index (χ4v) is 3.74. The summed E-state index contributed by atoms with van der Waals surface area (Å²) in [5, 5.41) is 12.5. The summed E-state index contributed by atoms with van der Waals surface area (Å²) in [6.07, 6.45) is 3.75. The second-order valence-electron chi connectivity index (χ2n) is 5.81. The molecule has 0 saturated heterocycles. The smallest absolute Gasteiger partial charge is 0.273 e. The van der Waals surface area contributed by atoms with E-state index in [1.165, 1.54) is 6.20 Å². The van der Waals surface area contributed by atoms with Gasteiger partial charge in [0.1, 0.15) is 0 Å². The average molecular weight is 365 g/mol. The molecule has 0 fully saturated rings. The Balaban J connectivity index is 1.80. The van der Waals surface area contributed by atoms with Crippen LogP contribution in [0, 0.1) is 0 Å². The van der Waals surface area contributed by atoms with Gasteiger partial charge < -0.3 is 4.55 Å². The zero-order valence-electron chi connectivity index (χ0n) is 13.9. The Morgan fingerprint density at radius 3 is 2.73 bits per heavy atom. The molecule has 0 aliphatic carbocycles. The van der Waals surface area contributed by atoms with E-state index < -0.39 is 11.2 Å². The van der Waals surface area contributed by atoms with Crippen molar-refractivity contribution in [3.8, 4) is 0 Å². The average Bonchev–Trinajstić information content (AvgIpc) is 3.09. The molecule has 1 unspecified atom stereocenters. The van der Waals surface area contributed by atoms with Gasteiger partial charge in [-0.1, -0.05) is 18.2 Å². The molecule has 8 heteroatoms. The van der Waals surface area contributed by atoms with Gasteiger partial charge in [-0.25, -0.2) is 10.1 Å². The molecular formula is C18H15N5O2S. The third-order valence-corrected chi connectivity index (χ3v) is 5.29. The van der Waals surface area contributed by atoms with Crippen molar-refractivity contribution in [3.63, 3.8) is 0 Å². The third-order valence-electron chi connectivity index (χ3n) is 3.99. The second-order valence-corrected chi connectivity index (χ2v) is 7.23. The first-order valence-corrected chi connectivity index (χ1v) is 9.09. The number of rotatable bonds is 4. The SMILES string of the molecule is Cn1ccc(Cc2n[nH]c(=O)c3cnc([S+]([O-])c4ccccc4)cc23)n1. The molecule has 0 aliphatic rings. The lowest BCUT2D eigenvalue weighted by atomic mass is 10.1. The molecule has 1 atom stereocenters. The monoisotopic (exact) mass is 365 g/mol. The Morgan fingerprint density at radius 1 is 1.19 bits per heavy atom. The number of aromatic amines is 1. The van der Waals surface area contributed by atoms with E-state index in [4.69, 9.17) is 0 Å². The van der Waals surface area contributed by atoms with Crippen LogP contribution in [-0.2, 0) is 24.6 Å². The largest absolute Gasteiger partial charge is 0.605 e. The van der Waals surface area contributed by atoms with Crippen molar-refractivity contribution in [3.05, 3.63) is 76.6 Å². The highest BCUT2D eigenvalue weighted by Crippen LogP contribution is 2.23. The Kier molecular flexibility index (Phi) is 4.27. The summed E-state index contributed by atoms with van der Waals surface area (Å²) in [4.78, 5) is 17.0. The van der Waals surface area contributed by atoms with Crippen LogP contribution in [0.2, 0.25) is 0 Å². The first kappa shape index (κ1) is 16.5. The molecule has 3 aromatic heterocycles. The Hall–Kier alpha value is -2.97. The maximum absolute atomic E-state index is 12.8. The summed E-state index contributed by atoms with van der Waals surface area (Å²) in [5.74, 6) is 0. The molecule has 130 valence electrons. The van der Waals surface area contributed by atoms with Crippen LogP contribution in [0.25, 0.3) is 10.8 Å². The van der Waals surface area contributed by atoms with Crippen molar-refractivity contribution in [1.29, 1.82) is 0 Å². The van der Waals surface area contributed by atoms with Gasteiger partial charge in [0.05, 0.1) is 16.8 Å². The fraction of sp³-hybridized carbons (Fsp3) is 0.111. The van der Waals surface area contributed by atoms with E-state index in [0.29, 0.717) is 32.8 Å². The van der Waals surface area contributed by atoms with Gasteiger partial charge in [0, 0.05) is 48.5 Å². The summed E-state index contributed by atoms with van der Waals surface area (Å²) >= 11 is -1.43. The van der Waals surface area contributed by atoms with E-state index >= 15 is 0 Å². The molecule has 0 spiro atoms. The van der Waals surface area contributed by atoms with Crippen LogP contribution < -0.4 is 5.56 Å². The number of hydrogen-bond acceptors (Lipinski definition) is 5. The molecule has 1 aromatic carbocycles. The van der Waals surface area contributed by atoms with Gasteiger partial charge in [-0.2, -0.15) is 10.2 Å². The highest BCUT2D eigenvalue weighted by Gasteiger charge is 2.19. The van der Waals surface area contributed by atoms with Crippen molar-refractivity contribution < 1.29 is 4.55 Å². The van der Waals surface area contributed by atoms with Crippen molar-refractivity contribution in [2.24, 2.45) is 7.05 Å². The first-order chi connectivity index (χ1) is 12.6. The number of hydrogen-bond donors (Lipinski definition) is 1. The van der Waals surface area contributed by atoms with Crippen molar-refractivity contribution >= 4 is 21.9 Å². The minimum absolute atomic E-state index is 0.325. The van der Waals surface area contributed by atoms with E-state index in [1.54, 1.807) is 22.9 Å². The number of aromatic nitrogens is 5. The van der Waals surface area contributed by atoms with E-state index in [1.807, 2.05) is 37.5 Å². The van der Waals surface area contributed by atoms with Crippen molar-refractivity contribution in [1.82, 2.24) is 25.0 Å². The third kappa shape index (κ3) is 3.12. The van der Waals surface area contributed by atoms with Gasteiger partial charge in [0.15, 0.2) is 4.90 Å². The maximum atomic E-state index is 12.8. The molecule has 0 amide bonds. The molecule has 0 bridgehead atoms. The maximum Gasteiger partial charge on any atom is 0.273 e. The van der Waals surface area contributed by atoms with Gasteiger partial charge in [-0.3, -0.25) is 9.48 Å². The Bertz CT molecular complexity index is 1120. The number of fused-ring (bicyclic) bond motifs is 1. The molecule has 0 radical (unpaired) electrons. The first-order valence-electron chi connectivity index (χ1n) is 7.94. The highest BCUT2D eigenvalue weighted by atomic mass is 32.2. The number of aryl methyl sites for hydroxylation is 1. The lowest BCUT2D eigenvalue weighted by Gasteiger charge is -2.10. The van der Waals surface area contributed by atoms with Gasteiger partial charge in [0.2, 0.25) is 0 Å². The van der Waals surface area contributed by atoms with Gasteiger partial charge in [-0.15, -0.1) is 0 Å². The highest BCUT2D eigenvalue weighted by molar-refractivity contribution is 7.91. The summed E-state index contributed by atoms with van der Waals surface area (Å²) in [5.41, 5.74) is 1.16. The summed E-state index contributed by atoms with van der Waals surface area (Å²) in [7, 11) is 1.84. The molecule has 0 saturated carbocycles. The van der Waals surface area contributed by atoms with Gasteiger partial charge >= 0.3 is 0 Å². The second kappa shape index (κ2) is 6.74. The Labute approximate surface area is 151 Å². The summed E-state index contributed by atoms with van der Waals surface area (Å²) in [6, 6.07) is 12.7. The molecule has 26 heavy (non-hydrogen) atoms. The van der Waals surface area contributed by atoms with Crippen molar-refractivity contribution in [2.45, 2.75) is 16.3 Å². The Morgan fingerprint density at radius 2 is 2.00 bits per heavy atom. The van der Waals surface area contributed by atoms with Crippen LogP contribution in [0.15, 0.2) is 69.6 Å². The number of nitrogens with zero attached hydrogens (tertiary/aromatic N) is 4. The van der Waals surface area contributed by atoms with Crippen LogP contribution >= 0.6 is 0 Å². The predicted molar refractivity (Wildman–Crippen MR) is 97.3 cm³/mol. The van der Waals surface area contributed by atoms with E-state index in [9.17, 15) is 9.35 Å². The zero-order chi connectivity index (χ0) is 18.1. The number of H-pyrrole nitrogens is 1. The number of nitrogens with one attached hydrogen (secondary N) is 1. The van der Waals surface area contributed by atoms with Crippen LogP contribution in [0.3, 0.4) is 0 Å². The minimum Gasteiger partial charge on any atom is -0.605 e. The summed E-state index contributed by atoms with van der Waals surface area (Å²) < 4.78 is 14.5. The predicted octanol–water partition coefficient (Wildman–Crippen LogP) is 1.81. The zero-order valence-corrected chi connectivity index (χ0v) is 14.7. The van der Waals surface area contributed by atoms with E-state index in [0.717, 1.165) is 5.69 Å². The summed E-state index contributed by atoms with van der Waals surface area (Å²) in [6.45, 7) is 0. The standard InChI is InChI=1S/C18H15N5O2S/c1-23-8-7-12(22-23)9-16-14-10-17(19-11-15(14)18(24)21-20-16)26(25)13-5-3-2-4-6-13/h2-8,10-11H,9H2,1H3,(H,21,24). The fourth-order valence-electron chi connectivity index (χ4n) is 2.72. The minimum atomic E-state index is -1.43. The molecular weight excluding hydrogens is 350 g/mol. The topological polar surface area (TPSA) is 99.5 Å². The van der Waals surface area contributed by atoms with Crippen LogP contribution in [0.5, 0.6) is 0 Å². The molecule has 3 heterocycles. The van der Waals surface area contributed by atoms with Crippen LogP contribution in [-0.4, -0.2) is 29.5 Å². The van der Waals surface area contributed by atoms with E-state index in [-0.39, 0.29) is 5.56 Å². The van der Waals surface area contributed by atoms with Gasteiger partial charge in [0.25, 0.3) is 10.6 Å². The lowest BCUT2D eigenvalue weighted by molar-refractivity contribution is 0.591. The van der Waals surface area contributed by atoms with Crippen LogP contribution in [0.1, 0.15) is 11.4 Å². The molecule has 1 N–H and O–H groups in total. The van der Waals surface area contributed by atoms with E-state index in [2.05, 4.69) is 20.3 Å². The normalized spacial score (nSPS) is 12.4. The molecule has 4 rings (SSSR count). The molecule has 7 nitrogen and oxygen atoms in total. The molecule has 4 aromatic rings. The van der Waals surface area contributed by atoms with Gasteiger partial charge in [-0.05, 0) is 18.2 Å².